The van der Waals surface area contributed by atoms with Crippen LogP contribution in [0.25, 0.3) is 0 Å². The van der Waals surface area contributed by atoms with Gasteiger partial charge in [-0.25, -0.2) is 8.42 Å². The van der Waals surface area contributed by atoms with Crippen molar-refractivity contribution in [3.05, 3.63) is 51.7 Å². The van der Waals surface area contributed by atoms with Crippen LogP contribution in [0.2, 0.25) is 0 Å². The van der Waals surface area contributed by atoms with Gasteiger partial charge in [0.2, 0.25) is 10.0 Å². The molecule has 0 saturated carbocycles. The fourth-order valence-electron chi connectivity index (χ4n) is 2.09. The average Bonchev–Trinajstić information content (AvgIpc) is 2.98. The Balaban J connectivity index is 2.39. The molecule has 0 aliphatic rings. The van der Waals surface area contributed by atoms with Crippen molar-refractivity contribution in [2.75, 3.05) is 6.54 Å². The molecule has 0 amide bonds. The van der Waals surface area contributed by atoms with Crippen LogP contribution in [0.15, 0.2) is 40.6 Å². The molecular weight excluding hydrogens is 326 g/mol. The second-order valence-electron chi connectivity index (χ2n) is 4.74. The van der Waals surface area contributed by atoms with Gasteiger partial charge in [-0.15, -0.1) is 22.9 Å². The van der Waals surface area contributed by atoms with Gasteiger partial charge in [-0.1, -0.05) is 25.1 Å². The van der Waals surface area contributed by atoms with E-state index in [-0.39, 0.29) is 0 Å². The lowest BCUT2D eigenvalue weighted by Gasteiger charge is -2.21. The Morgan fingerprint density at radius 1 is 1.29 bits per heavy atom. The summed E-state index contributed by atoms with van der Waals surface area (Å²) in [5.41, 5.74) is 1.56. The van der Waals surface area contributed by atoms with Crippen LogP contribution in [-0.2, 0) is 22.4 Å². The van der Waals surface area contributed by atoms with E-state index in [4.69, 9.17) is 11.6 Å². The van der Waals surface area contributed by atoms with Gasteiger partial charge in [0.25, 0.3) is 0 Å². The van der Waals surface area contributed by atoms with E-state index < -0.39 is 10.0 Å². The van der Waals surface area contributed by atoms with E-state index in [9.17, 15) is 8.42 Å². The standard InChI is InChI=1S/C15H18ClNO2S2/c1-3-17(11-14-5-4-8-20-14)21(18,19)15-9-13(10-16)7-6-12(15)2/h4-9H,3,10-11H2,1-2H3. The Morgan fingerprint density at radius 2 is 2.05 bits per heavy atom. The highest BCUT2D eigenvalue weighted by atomic mass is 35.5. The van der Waals surface area contributed by atoms with Crippen LogP contribution in [-0.4, -0.2) is 19.3 Å². The van der Waals surface area contributed by atoms with Gasteiger partial charge in [-0.05, 0) is 35.6 Å². The zero-order valence-corrected chi connectivity index (χ0v) is 14.4. The van der Waals surface area contributed by atoms with Gasteiger partial charge < -0.3 is 0 Å². The summed E-state index contributed by atoms with van der Waals surface area (Å²) in [6, 6.07) is 9.22. The summed E-state index contributed by atoms with van der Waals surface area (Å²) in [6.45, 7) is 4.50. The fraction of sp³-hybridized carbons (Fsp3) is 0.333. The summed E-state index contributed by atoms with van der Waals surface area (Å²) in [5.74, 6) is 0.305. The molecular formula is C15H18ClNO2S2. The summed E-state index contributed by atoms with van der Waals surface area (Å²) < 4.78 is 27.2. The maximum absolute atomic E-state index is 12.9. The Labute approximate surface area is 135 Å². The topological polar surface area (TPSA) is 37.4 Å². The molecule has 0 saturated heterocycles. The third-order valence-corrected chi connectivity index (χ3v) is 6.52. The Bertz CT molecular complexity index is 696. The number of rotatable bonds is 6. The SMILES string of the molecule is CCN(Cc1cccs1)S(=O)(=O)c1cc(CCl)ccc1C. The van der Waals surface area contributed by atoms with Crippen LogP contribution in [0.5, 0.6) is 0 Å². The monoisotopic (exact) mass is 343 g/mol. The van der Waals surface area contributed by atoms with E-state index >= 15 is 0 Å². The number of sulfonamides is 1. The molecule has 0 aliphatic carbocycles. The lowest BCUT2D eigenvalue weighted by Crippen LogP contribution is -2.30. The molecule has 0 atom stereocenters. The third-order valence-electron chi connectivity index (χ3n) is 3.29. The van der Waals surface area contributed by atoms with Crippen molar-refractivity contribution in [1.82, 2.24) is 4.31 Å². The zero-order valence-electron chi connectivity index (χ0n) is 12.0. The van der Waals surface area contributed by atoms with Gasteiger partial charge in [0.1, 0.15) is 0 Å². The van der Waals surface area contributed by atoms with Crippen LogP contribution in [0.3, 0.4) is 0 Å². The molecule has 0 fully saturated rings. The minimum absolute atomic E-state index is 0.305. The van der Waals surface area contributed by atoms with Crippen LogP contribution in [0.4, 0.5) is 0 Å². The summed E-state index contributed by atoms with van der Waals surface area (Å²) >= 11 is 7.39. The van der Waals surface area contributed by atoms with Crippen molar-refractivity contribution < 1.29 is 8.42 Å². The normalized spacial score (nSPS) is 12.0. The predicted molar refractivity (Wildman–Crippen MR) is 88.3 cm³/mol. The molecule has 0 spiro atoms. The third kappa shape index (κ3) is 3.66. The highest BCUT2D eigenvalue weighted by Crippen LogP contribution is 2.24. The minimum atomic E-state index is -3.51. The summed E-state index contributed by atoms with van der Waals surface area (Å²) in [4.78, 5) is 1.38. The molecule has 1 aromatic heterocycles. The fourth-order valence-corrected chi connectivity index (χ4v) is 4.76. The molecule has 3 nitrogen and oxygen atoms in total. The molecule has 21 heavy (non-hydrogen) atoms. The van der Waals surface area contributed by atoms with E-state index in [1.54, 1.807) is 17.4 Å². The van der Waals surface area contributed by atoms with Gasteiger partial charge in [0.05, 0.1) is 4.90 Å². The van der Waals surface area contributed by atoms with Crippen LogP contribution >= 0.6 is 22.9 Å². The smallest absolute Gasteiger partial charge is 0.207 e. The Hall–Kier alpha value is -0.880. The first-order valence-electron chi connectivity index (χ1n) is 6.67. The lowest BCUT2D eigenvalue weighted by molar-refractivity contribution is 0.426. The largest absolute Gasteiger partial charge is 0.243 e. The van der Waals surface area contributed by atoms with Crippen molar-refractivity contribution in [3.8, 4) is 0 Å². The summed E-state index contributed by atoms with van der Waals surface area (Å²) in [6.07, 6.45) is 0. The highest BCUT2D eigenvalue weighted by molar-refractivity contribution is 7.89. The van der Waals surface area contributed by atoms with Gasteiger partial charge in [0, 0.05) is 23.8 Å². The Morgan fingerprint density at radius 3 is 2.62 bits per heavy atom. The number of aryl methyl sites for hydroxylation is 1. The van der Waals surface area contributed by atoms with Gasteiger partial charge in [0.15, 0.2) is 0 Å². The van der Waals surface area contributed by atoms with Gasteiger partial charge in [-0.3, -0.25) is 0 Å². The molecule has 2 aromatic rings. The molecule has 6 heteroatoms. The molecule has 2 rings (SSSR count). The van der Waals surface area contributed by atoms with Crippen molar-refractivity contribution in [1.29, 1.82) is 0 Å². The first-order chi connectivity index (χ1) is 9.98. The summed E-state index contributed by atoms with van der Waals surface area (Å²) in [5, 5.41) is 1.95. The quantitative estimate of drug-likeness (QED) is 0.743. The number of nitrogens with zero attached hydrogens (tertiary/aromatic N) is 1. The molecule has 0 N–H and O–H groups in total. The van der Waals surface area contributed by atoms with Crippen LogP contribution in [0.1, 0.15) is 22.9 Å². The highest BCUT2D eigenvalue weighted by Gasteiger charge is 2.25. The van der Waals surface area contributed by atoms with Crippen LogP contribution in [0, 0.1) is 6.92 Å². The Kier molecular flexibility index (Phi) is 5.43. The number of hydrogen-bond donors (Lipinski definition) is 0. The minimum Gasteiger partial charge on any atom is -0.207 e. The predicted octanol–water partition coefficient (Wildman–Crippen LogP) is 4.01. The molecule has 114 valence electrons. The first kappa shape index (κ1) is 16.5. The van der Waals surface area contributed by atoms with Crippen molar-refractivity contribution in [2.24, 2.45) is 0 Å². The van der Waals surface area contributed by atoms with Crippen molar-refractivity contribution in [3.63, 3.8) is 0 Å². The van der Waals surface area contributed by atoms with E-state index in [0.717, 1.165) is 16.0 Å². The van der Waals surface area contributed by atoms with E-state index in [1.165, 1.54) is 4.31 Å². The number of alkyl halides is 1. The summed E-state index contributed by atoms with van der Waals surface area (Å²) in [7, 11) is -3.51. The molecule has 0 aliphatic heterocycles. The zero-order chi connectivity index (χ0) is 15.5. The maximum Gasteiger partial charge on any atom is 0.243 e. The second-order valence-corrected chi connectivity index (χ2v) is 7.95. The van der Waals surface area contributed by atoms with E-state index in [0.29, 0.717) is 23.9 Å². The molecule has 0 bridgehead atoms. The van der Waals surface area contributed by atoms with Crippen molar-refractivity contribution in [2.45, 2.75) is 31.2 Å². The number of thiophene rings is 1. The molecule has 1 aromatic carbocycles. The van der Waals surface area contributed by atoms with Crippen molar-refractivity contribution >= 4 is 33.0 Å². The second kappa shape index (κ2) is 6.92. The molecule has 0 unspecified atom stereocenters. The van der Waals surface area contributed by atoms with Gasteiger partial charge in [-0.2, -0.15) is 4.31 Å². The molecule has 1 heterocycles. The van der Waals surface area contributed by atoms with Gasteiger partial charge >= 0.3 is 0 Å². The first-order valence-corrected chi connectivity index (χ1v) is 9.52. The maximum atomic E-state index is 12.9. The molecule has 0 radical (unpaired) electrons. The lowest BCUT2D eigenvalue weighted by atomic mass is 10.2. The van der Waals surface area contributed by atoms with Crippen LogP contribution < -0.4 is 0 Å². The van der Waals surface area contributed by atoms with E-state index in [1.807, 2.05) is 43.5 Å². The number of halogens is 1. The van der Waals surface area contributed by atoms with E-state index in [2.05, 4.69) is 0 Å². The number of benzene rings is 1. The average molecular weight is 344 g/mol. The number of hydrogen-bond acceptors (Lipinski definition) is 3.